The van der Waals surface area contributed by atoms with Crippen molar-refractivity contribution < 1.29 is 0 Å². The van der Waals surface area contributed by atoms with E-state index in [-0.39, 0.29) is 0 Å². The maximum Gasteiger partial charge on any atom is 0.137 e. The zero-order valence-corrected chi connectivity index (χ0v) is 14.1. The van der Waals surface area contributed by atoms with E-state index in [1.54, 1.807) is 6.33 Å². The molecular weight excluding hydrogens is 262 g/mol. The molecule has 21 heavy (non-hydrogen) atoms. The Labute approximate surface area is 128 Å². The molecule has 0 radical (unpaired) electrons. The summed E-state index contributed by atoms with van der Waals surface area (Å²) in [6.07, 6.45) is 2.89. The molecular formula is C16H29N5. The maximum atomic E-state index is 4.58. The van der Waals surface area contributed by atoms with Gasteiger partial charge in [0.1, 0.15) is 18.0 Å². The average molecular weight is 291 g/mol. The monoisotopic (exact) mass is 291 g/mol. The van der Waals surface area contributed by atoms with Gasteiger partial charge in [-0.05, 0) is 19.3 Å². The van der Waals surface area contributed by atoms with Gasteiger partial charge in [-0.15, -0.1) is 0 Å². The number of aromatic nitrogens is 2. The molecule has 0 amide bonds. The van der Waals surface area contributed by atoms with Crippen molar-refractivity contribution in [2.24, 2.45) is 0 Å². The molecule has 0 saturated carbocycles. The predicted octanol–water partition coefficient (Wildman–Crippen LogP) is 2.56. The van der Waals surface area contributed by atoms with E-state index in [0.29, 0.717) is 12.0 Å². The van der Waals surface area contributed by atoms with Crippen LogP contribution in [0.25, 0.3) is 0 Å². The van der Waals surface area contributed by atoms with E-state index in [9.17, 15) is 0 Å². The Morgan fingerprint density at radius 3 is 2.33 bits per heavy atom. The van der Waals surface area contributed by atoms with E-state index in [1.807, 2.05) is 7.05 Å². The van der Waals surface area contributed by atoms with Gasteiger partial charge in [0.05, 0.1) is 0 Å². The number of hydrogen-bond acceptors (Lipinski definition) is 5. The van der Waals surface area contributed by atoms with Crippen molar-refractivity contribution in [3.63, 3.8) is 0 Å². The molecule has 1 aliphatic heterocycles. The highest BCUT2D eigenvalue weighted by Crippen LogP contribution is 2.31. The van der Waals surface area contributed by atoms with Crippen molar-refractivity contribution in [3.8, 4) is 0 Å². The van der Waals surface area contributed by atoms with Gasteiger partial charge in [0.2, 0.25) is 0 Å². The molecule has 1 aromatic heterocycles. The van der Waals surface area contributed by atoms with E-state index in [1.165, 1.54) is 12.0 Å². The minimum absolute atomic E-state index is 0.413. The van der Waals surface area contributed by atoms with Gasteiger partial charge in [-0.1, -0.05) is 20.8 Å². The number of piperazine rings is 1. The third-order valence-electron chi connectivity index (χ3n) is 4.50. The van der Waals surface area contributed by atoms with E-state index in [2.05, 4.69) is 52.8 Å². The van der Waals surface area contributed by atoms with Crippen LogP contribution in [0, 0.1) is 0 Å². The molecule has 5 nitrogen and oxygen atoms in total. The third kappa shape index (κ3) is 3.46. The first kappa shape index (κ1) is 16.0. The summed E-state index contributed by atoms with van der Waals surface area (Å²) in [6.45, 7) is 13.3. The molecule has 1 unspecified atom stereocenters. The molecule has 1 fully saturated rings. The molecule has 0 aromatic carbocycles. The van der Waals surface area contributed by atoms with E-state index < -0.39 is 0 Å². The number of nitrogens with zero attached hydrogens (tertiary/aromatic N) is 4. The summed E-state index contributed by atoms with van der Waals surface area (Å²) in [6, 6.07) is 0.676. The first-order chi connectivity index (χ1) is 10.1. The lowest BCUT2D eigenvalue weighted by atomic mass is 10.0. The van der Waals surface area contributed by atoms with Crippen LogP contribution in [0.4, 0.5) is 11.6 Å². The fourth-order valence-corrected chi connectivity index (χ4v) is 3.00. The van der Waals surface area contributed by atoms with Gasteiger partial charge >= 0.3 is 0 Å². The quantitative estimate of drug-likeness (QED) is 0.903. The van der Waals surface area contributed by atoms with Crippen LogP contribution in [0.5, 0.6) is 0 Å². The summed E-state index contributed by atoms with van der Waals surface area (Å²) in [5.74, 6) is 2.48. The topological polar surface area (TPSA) is 44.3 Å². The van der Waals surface area contributed by atoms with Gasteiger partial charge < -0.3 is 10.2 Å². The van der Waals surface area contributed by atoms with Crippen LogP contribution < -0.4 is 10.2 Å². The van der Waals surface area contributed by atoms with E-state index in [0.717, 1.165) is 37.8 Å². The summed E-state index contributed by atoms with van der Waals surface area (Å²) in [4.78, 5) is 13.9. The Hall–Kier alpha value is -1.36. The number of anilines is 2. The Morgan fingerprint density at radius 1 is 1.14 bits per heavy atom. The van der Waals surface area contributed by atoms with Crippen molar-refractivity contribution >= 4 is 11.6 Å². The molecule has 118 valence electrons. The summed E-state index contributed by atoms with van der Waals surface area (Å²) >= 11 is 0. The second-order valence-electron chi connectivity index (χ2n) is 6.14. The number of rotatable bonds is 5. The van der Waals surface area contributed by atoms with Gasteiger partial charge in [-0.2, -0.15) is 0 Å². The largest absolute Gasteiger partial charge is 0.373 e. The summed E-state index contributed by atoms with van der Waals surface area (Å²) in [7, 11) is 1.93. The van der Waals surface area contributed by atoms with Crippen LogP contribution in [0.2, 0.25) is 0 Å². The minimum atomic E-state index is 0.413. The maximum absolute atomic E-state index is 4.58. The molecule has 5 heteroatoms. The van der Waals surface area contributed by atoms with Gasteiger partial charge in [0.25, 0.3) is 0 Å². The highest BCUT2D eigenvalue weighted by molar-refractivity contribution is 5.60. The zero-order chi connectivity index (χ0) is 15.4. The first-order valence-corrected chi connectivity index (χ1v) is 8.10. The summed E-state index contributed by atoms with van der Waals surface area (Å²) in [5, 5.41) is 3.20. The van der Waals surface area contributed by atoms with Gasteiger partial charge in [0.15, 0.2) is 0 Å². The molecule has 1 saturated heterocycles. The SMILES string of the molecule is CCC(C)N1CCN(c2ncnc(NC)c2C(C)C)CC1. The highest BCUT2D eigenvalue weighted by atomic mass is 15.3. The molecule has 1 aliphatic rings. The average Bonchev–Trinajstić information content (AvgIpc) is 2.53. The van der Waals surface area contributed by atoms with Gasteiger partial charge in [-0.25, -0.2) is 9.97 Å². The van der Waals surface area contributed by atoms with Crippen molar-refractivity contribution in [3.05, 3.63) is 11.9 Å². The fourth-order valence-electron chi connectivity index (χ4n) is 3.00. The standard InChI is InChI=1S/C16H29N5/c1-6-13(4)20-7-9-21(10-8-20)16-14(12(2)3)15(17-5)18-11-19-16/h11-13H,6-10H2,1-5H3,(H,17,18,19). The smallest absolute Gasteiger partial charge is 0.137 e. The van der Waals surface area contributed by atoms with Gasteiger partial charge in [0, 0.05) is 44.8 Å². The predicted molar refractivity (Wildman–Crippen MR) is 89.2 cm³/mol. The Morgan fingerprint density at radius 2 is 1.81 bits per heavy atom. The second kappa shape index (κ2) is 7.07. The van der Waals surface area contributed by atoms with E-state index in [4.69, 9.17) is 0 Å². The van der Waals surface area contributed by atoms with E-state index >= 15 is 0 Å². The van der Waals surface area contributed by atoms with Crippen molar-refractivity contribution in [2.45, 2.75) is 46.1 Å². The molecule has 1 aromatic rings. The molecule has 1 atom stereocenters. The lowest BCUT2D eigenvalue weighted by Crippen LogP contribution is -2.50. The van der Waals surface area contributed by atoms with Crippen LogP contribution in [0.15, 0.2) is 6.33 Å². The Bertz CT molecular complexity index is 452. The summed E-state index contributed by atoms with van der Waals surface area (Å²) < 4.78 is 0. The van der Waals surface area contributed by atoms with Crippen molar-refractivity contribution in [1.82, 2.24) is 14.9 Å². The van der Waals surface area contributed by atoms with Crippen molar-refractivity contribution in [2.75, 3.05) is 43.4 Å². The lowest BCUT2D eigenvalue weighted by Gasteiger charge is -2.39. The number of nitrogens with one attached hydrogen (secondary N) is 1. The normalized spacial score (nSPS) is 18.1. The fraction of sp³-hybridized carbons (Fsp3) is 0.750. The number of hydrogen-bond donors (Lipinski definition) is 1. The van der Waals surface area contributed by atoms with Crippen LogP contribution >= 0.6 is 0 Å². The molecule has 2 rings (SSSR count). The minimum Gasteiger partial charge on any atom is -0.373 e. The second-order valence-corrected chi connectivity index (χ2v) is 6.14. The lowest BCUT2D eigenvalue weighted by molar-refractivity contribution is 0.192. The summed E-state index contributed by atoms with van der Waals surface area (Å²) in [5.41, 5.74) is 1.23. The zero-order valence-electron chi connectivity index (χ0n) is 14.1. The van der Waals surface area contributed by atoms with Crippen LogP contribution in [0.1, 0.15) is 45.6 Å². The first-order valence-electron chi connectivity index (χ1n) is 8.10. The molecule has 0 bridgehead atoms. The van der Waals surface area contributed by atoms with Crippen LogP contribution in [-0.4, -0.2) is 54.1 Å². The van der Waals surface area contributed by atoms with Crippen molar-refractivity contribution in [1.29, 1.82) is 0 Å². The van der Waals surface area contributed by atoms with Gasteiger partial charge in [-0.3, -0.25) is 4.90 Å². The molecule has 0 spiro atoms. The molecule has 0 aliphatic carbocycles. The Kier molecular flexibility index (Phi) is 5.39. The van der Waals surface area contributed by atoms with Crippen LogP contribution in [-0.2, 0) is 0 Å². The van der Waals surface area contributed by atoms with Crippen LogP contribution in [0.3, 0.4) is 0 Å². The molecule has 2 heterocycles. The third-order valence-corrected chi connectivity index (χ3v) is 4.50. The Balaban J connectivity index is 2.17. The highest BCUT2D eigenvalue weighted by Gasteiger charge is 2.24. The molecule has 1 N–H and O–H groups in total.